The molecule has 1 rings (SSSR count). The zero-order valence-electron chi connectivity index (χ0n) is 8.96. The highest BCUT2D eigenvalue weighted by Gasteiger charge is 2.10. The summed E-state index contributed by atoms with van der Waals surface area (Å²) in [4.78, 5) is 13.5. The fraction of sp³-hybridized carbons (Fsp3) is 0.364. The Morgan fingerprint density at radius 2 is 2.00 bits per heavy atom. The third kappa shape index (κ3) is 3.53. The molecule has 0 atom stereocenters. The van der Waals surface area contributed by atoms with Crippen molar-refractivity contribution in [3.8, 4) is 0 Å². The number of hydrogen-bond donors (Lipinski definition) is 1. The van der Waals surface area contributed by atoms with Crippen molar-refractivity contribution in [2.24, 2.45) is 0 Å². The lowest BCUT2D eigenvalue weighted by atomic mass is 10.2. The van der Waals surface area contributed by atoms with Gasteiger partial charge in [0.2, 0.25) is 0 Å². The van der Waals surface area contributed by atoms with Crippen LogP contribution in [0.15, 0.2) is 24.3 Å². The first-order valence-electron chi connectivity index (χ1n) is 4.81. The fourth-order valence-corrected chi connectivity index (χ4v) is 1.32. The molecule has 0 saturated heterocycles. The molecule has 0 aliphatic rings. The van der Waals surface area contributed by atoms with Gasteiger partial charge in [0, 0.05) is 30.7 Å². The van der Waals surface area contributed by atoms with Gasteiger partial charge in [-0.25, -0.2) is 0 Å². The minimum atomic E-state index is 0.0157. The largest absolute Gasteiger partial charge is 0.340 e. The number of nitrogens with zero attached hydrogens (tertiary/aromatic N) is 1. The van der Waals surface area contributed by atoms with Crippen LogP contribution in [0.1, 0.15) is 10.4 Å². The monoisotopic (exact) mass is 226 g/mol. The van der Waals surface area contributed by atoms with Crippen LogP contribution in [0, 0.1) is 0 Å². The molecule has 1 amide bonds. The fourth-order valence-electron chi connectivity index (χ4n) is 1.19. The second kappa shape index (κ2) is 5.73. The van der Waals surface area contributed by atoms with E-state index < -0.39 is 0 Å². The van der Waals surface area contributed by atoms with Crippen LogP contribution in [0.3, 0.4) is 0 Å². The van der Waals surface area contributed by atoms with E-state index in [1.807, 2.05) is 7.05 Å². The number of likely N-dealkylation sites (N-methyl/N-ethyl adjacent to an activating group) is 2. The zero-order chi connectivity index (χ0) is 11.3. The van der Waals surface area contributed by atoms with Crippen LogP contribution in [0.2, 0.25) is 5.02 Å². The molecule has 0 bridgehead atoms. The predicted molar refractivity (Wildman–Crippen MR) is 62.3 cm³/mol. The SMILES string of the molecule is CNCCN(C)C(=O)c1ccc(Cl)cc1. The van der Waals surface area contributed by atoms with Crippen molar-refractivity contribution in [3.05, 3.63) is 34.9 Å². The lowest BCUT2D eigenvalue weighted by Crippen LogP contribution is -2.32. The second-order valence-corrected chi connectivity index (χ2v) is 3.77. The van der Waals surface area contributed by atoms with Crippen molar-refractivity contribution >= 4 is 17.5 Å². The quantitative estimate of drug-likeness (QED) is 0.847. The van der Waals surface area contributed by atoms with Gasteiger partial charge in [0.1, 0.15) is 0 Å². The van der Waals surface area contributed by atoms with Crippen molar-refractivity contribution in [3.63, 3.8) is 0 Å². The number of halogens is 1. The molecule has 0 aromatic heterocycles. The second-order valence-electron chi connectivity index (χ2n) is 3.34. The summed E-state index contributed by atoms with van der Waals surface area (Å²) >= 11 is 5.74. The van der Waals surface area contributed by atoms with Gasteiger partial charge < -0.3 is 10.2 Å². The van der Waals surface area contributed by atoms with E-state index in [1.54, 1.807) is 36.2 Å². The average Bonchev–Trinajstić information content (AvgIpc) is 2.26. The summed E-state index contributed by atoms with van der Waals surface area (Å²) in [6.45, 7) is 1.48. The molecule has 0 saturated carbocycles. The Morgan fingerprint density at radius 3 is 2.53 bits per heavy atom. The maximum Gasteiger partial charge on any atom is 0.253 e. The van der Waals surface area contributed by atoms with Crippen molar-refractivity contribution < 1.29 is 4.79 Å². The predicted octanol–water partition coefficient (Wildman–Crippen LogP) is 1.63. The van der Waals surface area contributed by atoms with Crippen LogP contribution in [0.25, 0.3) is 0 Å². The third-order valence-electron chi connectivity index (χ3n) is 2.14. The van der Waals surface area contributed by atoms with E-state index >= 15 is 0 Å². The summed E-state index contributed by atoms with van der Waals surface area (Å²) in [7, 11) is 3.65. The van der Waals surface area contributed by atoms with Gasteiger partial charge in [-0.3, -0.25) is 4.79 Å². The molecule has 0 fully saturated rings. The summed E-state index contributed by atoms with van der Waals surface area (Å²) in [6.07, 6.45) is 0. The minimum Gasteiger partial charge on any atom is -0.340 e. The highest BCUT2D eigenvalue weighted by atomic mass is 35.5. The number of amides is 1. The zero-order valence-corrected chi connectivity index (χ0v) is 9.71. The van der Waals surface area contributed by atoms with Gasteiger partial charge in [-0.1, -0.05) is 11.6 Å². The standard InChI is InChI=1S/C11H15ClN2O/c1-13-7-8-14(2)11(15)9-3-5-10(12)6-4-9/h3-6,13H,7-8H2,1-2H3. The molecule has 0 aliphatic carbocycles. The molecule has 0 heterocycles. The van der Waals surface area contributed by atoms with Crippen LogP contribution in [0.4, 0.5) is 0 Å². The Morgan fingerprint density at radius 1 is 1.40 bits per heavy atom. The summed E-state index contributed by atoms with van der Waals surface area (Å²) in [5.74, 6) is 0.0157. The van der Waals surface area contributed by atoms with E-state index in [1.165, 1.54) is 0 Å². The summed E-state index contributed by atoms with van der Waals surface area (Å²) in [5.41, 5.74) is 0.665. The Hall–Kier alpha value is -1.06. The first-order chi connectivity index (χ1) is 7.15. The van der Waals surface area contributed by atoms with Crippen LogP contribution in [0.5, 0.6) is 0 Å². The van der Waals surface area contributed by atoms with Crippen LogP contribution < -0.4 is 5.32 Å². The van der Waals surface area contributed by atoms with Gasteiger partial charge in [-0.05, 0) is 31.3 Å². The molecule has 3 nitrogen and oxygen atoms in total. The van der Waals surface area contributed by atoms with Gasteiger partial charge >= 0.3 is 0 Å². The Kier molecular flexibility index (Phi) is 4.59. The van der Waals surface area contributed by atoms with Crippen molar-refractivity contribution in [2.75, 3.05) is 27.2 Å². The highest BCUT2D eigenvalue weighted by molar-refractivity contribution is 6.30. The topological polar surface area (TPSA) is 32.3 Å². The number of rotatable bonds is 4. The summed E-state index contributed by atoms with van der Waals surface area (Å²) in [5, 5.41) is 3.64. The molecule has 1 aromatic carbocycles. The molecule has 15 heavy (non-hydrogen) atoms. The number of carbonyl (C=O) groups is 1. The van der Waals surface area contributed by atoms with Crippen LogP contribution in [-0.4, -0.2) is 38.0 Å². The van der Waals surface area contributed by atoms with Gasteiger partial charge in [-0.15, -0.1) is 0 Å². The summed E-state index contributed by atoms with van der Waals surface area (Å²) < 4.78 is 0. The highest BCUT2D eigenvalue weighted by Crippen LogP contribution is 2.10. The number of hydrogen-bond acceptors (Lipinski definition) is 2. The first kappa shape index (κ1) is 12.0. The van der Waals surface area contributed by atoms with E-state index in [9.17, 15) is 4.79 Å². The normalized spacial score (nSPS) is 10.1. The molecule has 0 spiro atoms. The number of carbonyl (C=O) groups excluding carboxylic acids is 1. The minimum absolute atomic E-state index is 0.0157. The van der Waals surface area contributed by atoms with Crippen LogP contribution in [-0.2, 0) is 0 Å². The smallest absolute Gasteiger partial charge is 0.253 e. The summed E-state index contributed by atoms with van der Waals surface area (Å²) in [6, 6.07) is 6.92. The van der Waals surface area contributed by atoms with E-state index in [2.05, 4.69) is 5.32 Å². The molecule has 0 radical (unpaired) electrons. The molecule has 82 valence electrons. The molecule has 1 N–H and O–H groups in total. The van der Waals surface area contributed by atoms with E-state index in [0.717, 1.165) is 6.54 Å². The van der Waals surface area contributed by atoms with Crippen molar-refractivity contribution in [2.45, 2.75) is 0 Å². The van der Waals surface area contributed by atoms with Gasteiger partial charge in [-0.2, -0.15) is 0 Å². The number of benzene rings is 1. The third-order valence-corrected chi connectivity index (χ3v) is 2.39. The maximum atomic E-state index is 11.8. The molecular weight excluding hydrogens is 212 g/mol. The van der Waals surface area contributed by atoms with Crippen molar-refractivity contribution in [1.82, 2.24) is 10.2 Å². The Labute approximate surface area is 95.0 Å². The lowest BCUT2D eigenvalue weighted by molar-refractivity contribution is 0.0797. The van der Waals surface area contributed by atoms with Crippen LogP contribution >= 0.6 is 11.6 Å². The molecule has 0 unspecified atom stereocenters. The Balaban J connectivity index is 2.63. The molecule has 4 heteroatoms. The number of nitrogens with one attached hydrogen (secondary N) is 1. The van der Waals surface area contributed by atoms with Gasteiger partial charge in [0.15, 0.2) is 0 Å². The van der Waals surface area contributed by atoms with E-state index in [4.69, 9.17) is 11.6 Å². The molecule has 0 aliphatic heterocycles. The van der Waals surface area contributed by atoms with E-state index in [0.29, 0.717) is 17.1 Å². The lowest BCUT2D eigenvalue weighted by Gasteiger charge is -2.16. The molecule has 1 aromatic rings. The van der Waals surface area contributed by atoms with Gasteiger partial charge in [0.25, 0.3) is 5.91 Å². The van der Waals surface area contributed by atoms with Gasteiger partial charge in [0.05, 0.1) is 0 Å². The van der Waals surface area contributed by atoms with Crippen molar-refractivity contribution in [1.29, 1.82) is 0 Å². The average molecular weight is 227 g/mol. The maximum absolute atomic E-state index is 11.8. The van der Waals surface area contributed by atoms with E-state index in [-0.39, 0.29) is 5.91 Å². The first-order valence-corrected chi connectivity index (χ1v) is 5.18. The Bertz CT molecular complexity index is 324. The molecular formula is C11H15ClN2O.